The Morgan fingerprint density at radius 1 is 1.04 bits per heavy atom. The van der Waals surface area contributed by atoms with Crippen molar-refractivity contribution in [2.75, 3.05) is 0 Å². The molecule has 0 amide bonds. The van der Waals surface area contributed by atoms with Crippen molar-refractivity contribution in [3.05, 3.63) is 81.6 Å². The minimum absolute atomic E-state index is 0.0238. The van der Waals surface area contributed by atoms with Crippen LogP contribution in [0.2, 0.25) is 5.02 Å². The van der Waals surface area contributed by atoms with Crippen LogP contribution in [-0.4, -0.2) is 13.4 Å². The molecule has 8 heteroatoms. The highest BCUT2D eigenvalue weighted by Crippen LogP contribution is 2.42. The van der Waals surface area contributed by atoms with Crippen molar-refractivity contribution < 1.29 is 8.42 Å². The summed E-state index contributed by atoms with van der Waals surface area (Å²) >= 11 is 6.97. The van der Waals surface area contributed by atoms with Gasteiger partial charge in [-0.2, -0.15) is 5.26 Å². The summed E-state index contributed by atoms with van der Waals surface area (Å²) in [5, 5.41) is 10.3. The fraction of sp³-hybridized carbons (Fsp3) is 0. The molecule has 138 valence electrons. The Labute approximate surface area is 169 Å². The van der Waals surface area contributed by atoms with Crippen LogP contribution >= 0.6 is 22.9 Å². The van der Waals surface area contributed by atoms with Gasteiger partial charge in [-0.15, -0.1) is 11.3 Å². The molecule has 0 spiro atoms. The van der Waals surface area contributed by atoms with E-state index in [-0.39, 0.29) is 20.2 Å². The van der Waals surface area contributed by atoms with Gasteiger partial charge in [-0.3, -0.25) is 4.79 Å². The lowest BCUT2D eigenvalue weighted by atomic mass is 10.1. The van der Waals surface area contributed by atoms with Gasteiger partial charge in [0.25, 0.3) is 0 Å². The maximum Gasteiger partial charge on any atom is 0.249 e. The highest BCUT2D eigenvalue weighted by Gasteiger charge is 2.27. The average Bonchev–Trinajstić information content (AvgIpc) is 3.08. The molecular formula is C20H11ClN2O3S2. The number of aromatic nitrogens is 1. The Kier molecular flexibility index (Phi) is 4.55. The van der Waals surface area contributed by atoms with Gasteiger partial charge in [-0.25, -0.2) is 8.42 Å². The Bertz CT molecular complexity index is 1410. The van der Waals surface area contributed by atoms with Crippen LogP contribution in [0.4, 0.5) is 0 Å². The number of benzene rings is 2. The molecule has 0 radical (unpaired) electrons. The van der Waals surface area contributed by atoms with E-state index in [0.717, 1.165) is 11.3 Å². The molecule has 1 N–H and O–H groups in total. The maximum atomic E-state index is 13.4. The van der Waals surface area contributed by atoms with E-state index in [1.807, 2.05) is 6.07 Å². The summed E-state index contributed by atoms with van der Waals surface area (Å²) in [6.07, 6.45) is 0. The van der Waals surface area contributed by atoms with Crippen LogP contribution in [-0.2, 0) is 9.84 Å². The molecule has 2 aromatic carbocycles. The predicted octanol–water partition coefficient (Wildman–Crippen LogP) is 4.61. The van der Waals surface area contributed by atoms with Gasteiger partial charge in [0.15, 0.2) is 0 Å². The van der Waals surface area contributed by atoms with Gasteiger partial charge in [0.1, 0.15) is 9.04 Å². The van der Waals surface area contributed by atoms with Crippen LogP contribution in [0.15, 0.2) is 74.6 Å². The van der Waals surface area contributed by atoms with E-state index in [0.29, 0.717) is 26.4 Å². The van der Waals surface area contributed by atoms with Crippen molar-refractivity contribution in [2.45, 2.75) is 9.10 Å². The number of H-pyrrole nitrogens is 1. The van der Waals surface area contributed by atoms with E-state index in [9.17, 15) is 13.2 Å². The van der Waals surface area contributed by atoms with E-state index < -0.39 is 9.84 Å². The third-order valence-electron chi connectivity index (χ3n) is 4.20. The maximum absolute atomic E-state index is 13.4. The number of nitrogens with zero attached hydrogens (tertiary/aromatic N) is 1. The summed E-state index contributed by atoms with van der Waals surface area (Å²) in [4.78, 5) is 14.9. The van der Waals surface area contributed by atoms with Crippen LogP contribution in [0.5, 0.6) is 0 Å². The largest absolute Gasteiger partial charge is 0.314 e. The number of nitrogens with one attached hydrogen (secondary N) is 1. The van der Waals surface area contributed by atoms with Gasteiger partial charge in [0.05, 0.1) is 16.5 Å². The van der Waals surface area contributed by atoms with Crippen LogP contribution < -0.4 is 5.56 Å². The quantitative estimate of drug-likeness (QED) is 0.517. The average molecular weight is 427 g/mol. The number of hydrogen-bond donors (Lipinski definition) is 1. The lowest BCUT2D eigenvalue weighted by Crippen LogP contribution is -2.02. The highest BCUT2D eigenvalue weighted by molar-refractivity contribution is 7.93. The summed E-state index contributed by atoms with van der Waals surface area (Å²) in [5.74, 6) is 0. The summed E-state index contributed by atoms with van der Waals surface area (Å²) < 4.78 is 26.9. The minimum Gasteiger partial charge on any atom is -0.314 e. The van der Waals surface area contributed by atoms with Gasteiger partial charge in [-0.05, 0) is 42.0 Å². The predicted molar refractivity (Wildman–Crippen MR) is 110 cm³/mol. The van der Waals surface area contributed by atoms with Crippen molar-refractivity contribution >= 4 is 43.0 Å². The Hall–Kier alpha value is -2.92. The second kappa shape index (κ2) is 6.91. The molecule has 0 unspecified atom stereocenters. The molecule has 4 rings (SSSR count). The summed E-state index contributed by atoms with van der Waals surface area (Å²) in [7, 11) is -3.92. The minimum atomic E-state index is -3.92. The van der Waals surface area contributed by atoms with Crippen LogP contribution in [0, 0.1) is 11.3 Å². The third kappa shape index (κ3) is 3.12. The van der Waals surface area contributed by atoms with Crippen molar-refractivity contribution in [1.82, 2.24) is 4.98 Å². The molecule has 0 aliphatic carbocycles. The monoisotopic (exact) mass is 426 g/mol. The van der Waals surface area contributed by atoms with Crippen molar-refractivity contribution in [2.24, 2.45) is 0 Å². The number of halogens is 1. The van der Waals surface area contributed by atoms with Crippen LogP contribution in [0.25, 0.3) is 21.3 Å². The first-order valence-electron chi connectivity index (χ1n) is 8.07. The SMILES string of the molecule is N#Cc1cccc(S(=O)(=O)c2sc3[nH]c(=O)ccc3c2-c2ccc(Cl)cc2)c1. The van der Waals surface area contributed by atoms with Crippen molar-refractivity contribution in [1.29, 1.82) is 5.26 Å². The lowest BCUT2D eigenvalue weighted by molar-refractivity contribution is 0.598. The van der Waals surface area contributed by atoms with Gasteiger partial charge in [0.2, 0.25) is 15.4 Å². The summed E-state index contributed by atoms with van der Waals surface area (Å²) in [5.41, 5.74) is 1.10. The van der Waals surface area contributed by atoms with E-state index in [1.54, 1.807) is 36.4 Å². The Balaban J connectivity index is 2.06. The Morgan fingerprint density at radius 2 is 1.79 bits per heavy atom. The van der Waals surface area contributed by atoms with Crippen molar-refractivity contribution in [3.63, 3.8) is 0 Å². The first kappa shape index (κ1) is 18.4. The molecule has 0 fully saturated rings. The summed E-state index contributed by atoms with van der Waals surface area (Å²) in [6.45, 7) is 0. The molecule has 0 bridgehead atoms. The molecule has 4 aromatic rings. The fourth-order valence-corrected chi connectivity index (χ4v) is 6.21. The number of thiophene rings is 1. The third-order valence-corrected chi connectivity index (χ3v) is 7.84. The molecule has 0 saturated heterocycles. The zero-order chi connectivity index (χ0) is 19.9. The number of fused-ring (bicyclic) bond motifs is 1. The highest BCUT2D eigenvalue weighted by atomic mass is 35.5. The van der Waals surface area contributed by atoms with E-state index in [2.05, 4.69) is 4.98 Å². The Morgan fingerprint density at radius 3 is 2.50 bits per heavy atom. The molecule has 2 aromatic heterocycles. The number of nitriles is 1. The van der Waals surface area contributed by atoms with Gasteiger partial charge in [0, 0.05) is 22.0 Å². The number of pyridine rings is 1. The second-order valence-electron chi connectivity index (χ2n) is 5.98. The smallest absolute Gasteiger partial charge is 0.249 e. The topological polar surface area (TPSA) is 90.8 Å². The number of rotatable bonds is 3. The lowest BCUT2D eigenvalue weighted by Gasteiger charge is -2.07. The molecule has 0 atom stereocenters. The zero-order valence-corrected chi connectivity index (χ0v) is 16.5. The summed E-state index contributed by atoms with van der Waals surface area (Å²) in [6, 6.07) is 17.6. The molecule has 28 heavy (non-hydrogen) atoms. The molecule has 0 aliphatic rings. The standard InChI is InChI=1S/C20H11ClN2O3S2/c21-14-6-4-13(5-7-14)18-16-8-9-17(24)23-19(16)27-20(18)28(25,26)15-3-1-2-12(10-15)11-22/h1-10H,(H,23,24). The van der Waals surface area contributed by atoms with E-state index in [1.165, 1.54) is 24.3 Å². The molecular weight excluding hydrogens is 416 g/mol. The van der Waals surface area contributed by atoms with Gasteiger partial charge in [-0.1, -0.05) is 29.8 Å². The first-order chi connectivity index (χ1) is 13.4. The zero-order valence-electron chi connectivity index (χ0n) is 14.1. The van der Waals surface area contributed by atoms with E-state index in [4.69, 9.17) is 16.9 Å². The normalized spacial score (nSPS) is 11.4. The number of sulfone groups is 1. The molecule has 2 heterocycles. The second-order valence-corrected chi connectivity index (χ2v) is 9.58. The molecule has 0 saturated carbocycles. The fourth-order valence-electron chi connectivity index (χ4n) is 2.91. The van der Waals surface area contributed by atoms with E-state index >= 15 is 0 Å². The van der Waals surface area contributed by atoms with Crippen LogP contribution in [0.1, 0.15) is 5.56 Å². The first-order valence-corrected chi connectivity index (χ1v) is 10.7. The van der Waals surface area contributed by atoms with Crippen LogP contribution in [0.3, 0.4) is 0 Å². The number of aromatic amines is 1. The molecule has 0 aliphatic heterocycles. The number of hydrogen-bond acceptors (Lipinski definition) is 5. The van der Waals surface area contributed by atoms with Gasteiger partial charge >= 0.3 is 0 Å². The van der Waals surface area contributed by atoms with Gasteiger partial charge < -0.3 is 4.98 Å². The molecule has 5 nitrogen and oxygen atoms in total. The van der Waals surface area contributed by atoms with Crippen molar-refractivity contribution in [3.8, 4) is 17.2 Å².